The summed E-state index contributed by atoms with van der Waals surface area (Å²) in [6, 6.07) is 4.80. The fourth-order valence-corrected chi connectivity index (χ4v) is 7.98. The Bertz CT molecular complexity index is 1330. The average Bonchev–Trinajstić information content (AvgIpc) is 3.33. The Morgan fingerprint density at radius 1 is 1.27 bits per heavy atom. The molecule has 1 amide bonds. The Labute approximate surface area is 195 Å². The van der Waals surface area contributed by atoms with Gasteiger partial charge < -0.3 is 4.90 Å². The van der Waals surface area contributed by atoms with Crippen molar-refractivity contribution < 1.29 is 21.6 Å². The number of fused-ring (bicyclic) bond motifs is 1. The van der Waals surface area contributed by atoms with E-state index >= 15 is 0 Å². The topological polar surface area (TPSA) is 110 Å². The molecule has 1 fully saturated rings. The first-order chi connectivity index (χ1) is 15.3. The highest BCUT2D eigenvalue weighted by Crippen LogP contribution is 2.35. The van der Waals surface area contributed by atoms with Crippen LogP contribution in [0.3, 0.4) is 0 Å². The molecule has 0 unspecified atom stereocenters. The molecular weight excluding hydrogens is 464 g/mol. The quantitative estimate of drug-likeness (QED) is 0.627. The van der Waals surface area contributed by atoms with Crippen LogP contribution >= 0.6 is 0 Å². The Morgan fingerprint density at radius 2 is 1.97 bits per heavy atom. The molecule has 180 valence electrons. The molecule has 0 saturated carbocycles. The summed E-state index contributed by atoms with van der Waals surface area (Å²) in [6.45, 7) is 5.98. The van der Waals surface area contributed by atoms with Crippen LogP contribution in [0.4, 0.5) is 5.69 Å². The first-order valence-electron chi connectivity index (χ1n) is 10.9. The van der Waals surface area contributed by atoms with Crippen molar-refractivity contribution in [1.82, 2.24) is 14.7 Å². The maximum absolute atomic E-state index is 13.2. The first-order valence-corrected chi connectivity index (χ1v) is 14.6. The molecule has 11 heteroatoms. The van der Waals surface area contributed by atoms with Gasteiger partial charge in [0, 0.05) is 36.5 Å². The lowest BCUT2D eigenvalue weighted by Gasteiger charge is -2.22. The molecule has 33 heavy (non-hydrogen) atoms. The fraction of sp³-hybridized carbons (Fsp3) is 0.545. The van der Waals surface area contributed by atoms with Crippen LogP contribution in [0.5, 0.6) is 0 Å². The third-order valence-electron chi connectivity index (χ3n) is 6.61. The van der Waals surface area contributed by atoms with E-state index in [1.165, 1.54) is 10.6 Å². The summed E-state index contributed by atoms with van der Waals surface area (Å²) in [5, 5.41) is 4.58. The minimum atomic E-state index is -3.39. The van der Waals surface area contributed by atoms with Crippen LogP contribution in [-0.2, 0) is 32.8 Å². The number of aromatic nitrogens is 2. The number of aryl methyl sites for hydroxylation is 1. The fourth-order valence-electron chi connectivity index (χ4n) is 5.02. The highest BCUT2D eigenvalue weighted by molar-refractivity contribution is 7.92. The second kappa shape index (κ2) is 8.12. The van der Waals surface area contributed by atoms with Crippen LogP contribution in [0.25, 0.3) is 0 Å². The molecule has 0 aliphatic carbocycles. The lowest BCUT2D eigenvalue weighted by Crippen LogP contribution is -2.34. The maximum Gasteiger partial charge on any atom is 0.253 e. The van der Waals surface area contributed by atoms with Crippen LogP contribution in [0, 0.1) is 13.8 Å². The van der Waals surface area contributed by atoms with Gasteiger partial charge in [-0.1, -0.05) is 0 Å². The van der Waals surface area contributed by atoms with Crippen molar-refractivity contribution >= 4 is 31.5 Å². The molecule has 3 heterocycles. The summed E-state index contributed by atoms with van der Waals surface area (Å²) >= 11 is 0. The molecule has 9 nitrogen and oxygen atoms in total. The summed E-state index contributed by atoms with van der Waals surface area (Å²) in [6.07, 6.45) is 2.30. The predicted molar refractivity (Wildman–Crippen MR) is 127 cm³/mol. The molecule has 2 atom stereocenters. The summed E-state index contributed by atoms with van der Waals surface area (Å²) in [7, 11) is -4.69. The van der Waals surface area contributed by atoms with Gasteiger partial charge in [-0.05, 0) is 57.4 Å². The Morgan fingerprint density at radius 3 is 2.58 bits per heavy atom. The zero-order valence-electron chi connectivity index (χ0n) is 19.6. The molecule has 2 aliphatic rings. The smallest absolute Gasteiger partial charge is 0.253 e. The highest BCUT2D eigenvalue weighted by Gasteiger charge is 2.34. The van der Waals surface area contributed by atoms with Crippen LogP contribution in [-0.4, -0.2) is 68.3 Å². The minimum absolute atomic E-state index is 0.0984. The zero-order valence-corrected chi connectivity index (χ0v) is 21.2. The van der Waals surface area contributed by atoms with E-state index in [9.17, 15) is 21.6 Å². The number of benzene rings is 1. The van der Waals surface area contributed by atoms with Crippen LogP contribution in [0.1, 0.15) is 52.3 Å². The lowest BCUT2D eigenvalue weighted by molar-refractivity contribution is 0.0784. The van der Waals surface area contributed by atoms with Gasteiger partial charge in [0.2, 0.25) is 10.0 Å². The van der Waals surface area contributed by atoms with E-state index < -0.39 is 19.9 Å². The molecule has 0 N–H and O–H groups in total. The van der Waals surface area contributed by atoms with Gasteiger partial charge in [-0.25, -0.2) is 16.8 Å². The second-order valence-electron chi connectivity index (χ2n) is 9.27. The van der Waals surface area contributed by atoms with E-state index in [-0.39, 0.29) is 29.5 Å². The molecule has 1 saturated heterocycles. The van der Waals surface area contributed by atoms with Gasteiger partial charge in [0.15, 0.2) is 9.84 Å². The molecule has 0 radical (unpaired) electrons. The van der Waals surface area contributed by atoms with Gasteiger partial charge in [-0.2, -0.15) is 5.10 Å². The van der Waals surface area contributed by atoms with Crippen molar-refractivity contribution in [2.24, 2.45) is 0 Å². The number of hydrogen-bond acceptors (Lipinski definition) is 6. The lowest BCUT2D eigenvalue weighted by atomic mass is 10.1. The van der Waals surface area contributed by atoms with E-state index in [4.69, 9.17) is 0 Å². The molecular formula is C22H30N4O5S2. The molecule has 0 bridgehead atoms. The Hall–Kier alpha value is -2.40. The number of nitrogens with zero attached hydrogens (tertiary/aromatic N) is 4. The molecule has 0 spiro atoms. The second-order valence-corrected chi connectivity index (χ2v) is 13.4. The van der Waals surface area contributed by atoms with Crippen LogP contribution < -0.4 is 4.31 Å². The number of anilines is 1. The number of carbonyl (C=O) groups excluding carboxylic acids is 1. The normalized spacial score (nSPS) is 21.9. The van der Waals surface area contributed by atoms with Crippen molar-refractivity contribution in [1.29, 1.82) is 0 Å². The summed E-state index contributed by atoms with van der Waals surface area (Å²) in [5.74, 6) is 0.108. The molecule has 1 aromatic carbocycles. The SMILES string of the molecule is Cc1nn([C@@H]2CCS(=O)(=O)C2)c(C)c1CN(C)C(=O)c1ccc2c(c1)C[C@H](C)N2S(C)(=O)=O. The zero-order chi connectivity index (χ0) is 24.3. The summed E-state index contributed by atoms with van der Waals surface area (Å²) in [4.78, 5) is 14.8. The third-order valence-corrected chi connectivity index (χ3v) is 9.63. The number of carbonyl (C=O) groups is 1. The molecule has 2 aromatic rings. The van der Waals surface area contributed by atoms with Crippen molar-refractivity contribution in [3.8, 4) is 0 Å². The van der Waals surface area contributed by atoms with Gasteiger partial charge in [0.05, 0.1) is 35.2 Å². The molecule has 1 aromatic heterocycles. The van der Waals surface area contributed by atoms with Crippen molar-refractivity contribution in [3.63, 3.8) is 0 Å². The molecule has 4 rings (SSSR count). The maximum atomic E-state index is 13.2. The Kier molecular flexibility index (Phi) is 5.84. The number of sulfone groups is 1. The van der Waals surface area contributed by atoms with Crippen LogP contribution in [0.2, 0.25) is 0 Å². The van der Waals surface area contributed by atoms with E-state index in [1.807, 2.05) is 20.8 Å². The van der Waals surface area contributed by atoms with E-state index in [1.54, 1.807) is 34.8 Å². The highest BCUT2D eigenvalue weighted by atomic mass is 32.2. The van der Waals surface area contributed by atoms with Crippen molar-refractivity contribution in [3.05, 3.63) is 46.3 Å². The Balaban J connectivity index is 1.54. The van der Waals surface area contributed by atoms with Gasteiger partial charge in [0.25, 0.3) is 5.91 Å². The average molecular weight is 495 g/mol. The van der Waals surface area contributed by atoms with Crippen LogP contribution in [0.15, 0.2) is 18.2 Å². The third kappa shape index (κ3) is 4.40. The first kappa shape index (κ1) is 23.7. The van der Waals surface area contributed by atoms with Gasteiger partial charge >= 0.3 is 0 Å². The number of hydrogen-bond donors (Lipinski definition) is 0. The molecule has 2 aliphatic heterocycles. The standard InChI is InChI=1S/C22H30N4O5S2/c1-14-10-18-11-17(6-7-21(18)26(14)32(5,28)29)22(27)24(4)12-20-15(2)23-25(16(20)3)19-8-9-33(30,31)13-19/h6-7,11,14,19H,8-10,12-13H2,1-5H3/t14-,19+/m0/s1. The summed E-state index contributed by atoms with van der Waals surface area (Å²) in [5.41, 5.74) is 4.54. The van der Waals surface area contributed by atoms with E-state index in [2.05, 4.69) is 5.10 Å². The van der Waals surface area contributed by atoms with Crippen molar-refractivity contribution in [2.75, 3.05) is 29.1 Å². The minimum Gasteiger partial charge on any atom is -0.337 e. The monoisotopic (exact) mass is 494 g/mol. The number of rotatable bonds is 5. The van der Waals surface area contributed by atoms with Crippen molar-refractivity contribution in [2.45, 2.75) is 52.2 Å². The predicted octanol–water partition coefficient (Wildman–Crippen LogP) is 1.84. The number of amides is 1. The largest absolute Gasteiger partial charge is 0.337 e. The number of sulfonamides is 1. The van der Waals surface area contributed by atoms with Gasteiger partial charge in [-0.15, -0.1) is 0 Å². The summed E-state index contributed by atoms with van der Waals surface area (Å²) < 4.78 is 51.3. The van der Waals surface area contributed by atoms with Gasteiger partial charge in [-0.3, -0.25) is 13.8 Å². The van der Waals surface area contributed by atoms with E-state index in [0.29, 0.717) is 30.6 Å². The van der Waals surface area contributed by atoms with Gasteiger partial charge in [0.1, 0.15) is 0 Å². The van der Waals surface area contributed by atoms with E-state index in [0.717, 1.165) is 22.5 Å².